The maximum atomic E-state index is 12.0. The van der Waals surface area contributed by atoms with E-state index < -0.39 is 0 Å². The van der Waals surface area contributed by atoms with Crippen molar-refractivity contribution in [3.05, 3.63) is 45.9 Å². The van der Waals surface area contributed by atoms with E-state index >= 15 is 0 Å². The minimum absolute atomic E-state index is 0.0444. The zero-order valence-corrected chi connectivity index (χ0v) is 13.3. The highest BCUT2D eigenvalue weighted by atomic mass is 32.2. The highest BCUT2D eigenvalue weighted by molar-refractivity contribution is 7.98. The molecular formula is C16H19N3O2S. The molecule has 6 heteroatoms. The van der Waals surface area contributed by atoms with Gasteiger partial charge in [0, 0.05) is 22.8 Å². The number of nitrogens with zero attached hydrogens (tertiary/aromatic N) is 1. The molecule has 1 aliphatic rings. The topological polar surface area (TPSA) is 67.0 Å². The second kappa shape index (κ2) is 6.87. The van der Waals surface area contributed by atoms with Gasteiger partial charge in [0.15, 0.2) is 0 Å². The first kappa shape index (κ1) is 15.0. The number of unbranched alkanes of at least 4 members (excludes halogenated alkanes) is 1. The number of fused-ring (bicyclic) bond motifs is 1. The van der Waals surface area contributed by atoms with Crippen LogP contribution in [0.5, 0.6) is 5.75 Å². The van der Waals surface area contributed by atoms with E-state index in [1.807, 2.05) is 24.3 Å². The number of ether oxygens (including phenoxy) is 1. The number of benzene rings is 1. The van der Waals surface area contributed by atoms with E-state index in [4.69, 9.17) is 4.74 Å². The summed E-state index contributed by atoms with van der Waals surface area (Å²) in [6.07, 6.45) is 2.17. The standard InChI is InChI=1S/C16H19N3O2S/c1-2-3-8-21-12-6-4-11(5-7-12)17-16-18-14-10-22-9-13(14)15(20)19-16/h4-7H,2-3,8-10H2,1H3,(H2,17,18,19,20). The van der Waals surface area contributed by atoms with E-state index in [9.17, 15) is 4.79 Å². The lowest BCUT2D eigenvalue weighted by atomic mass is 10.3. The highest BCUT2D eigenvalue weighted by Crippen LogP contribution is 2.26. The molecule has 0 saturated carbocycles. The van der Waals surface area contributed by atoms with Crippen molar-refractivity contribution in [3.63, 3.8) is 0 Å². The maximum Gasteiger partial charge on any atom is 0.256 e. The number of aromatic nitrogens is 2. The quantitative estimate of drug-likeness (QED) is 0.799. The van der Waals surface area contributed by atoms with Gasteiger partial charge in [-0.15, -0.1) is 0 Å². The van der Waals surface area contributed by atoms with Gasteiger partial charge in [0.2, 0.25) is 5.95 Å². The van der Waals surface area contributed by atoms with Crippen LogP contribution in [0.4, 0.5) is 11.6 Å². The molecule has 5 nitrogen and oxygen atoms in total. The normalized spacial score (nSPS) is 13.0. The van der Waals surface area contributed by atoms with Crippen LogP contribution in [0.3, 0.4) is 0 Å². The molecule has 0 saturated heterocycles. The molecule has 0 spiro atoms. The lowest BCUT2D eigenvalue weighted by Gasteiger charge is -2.09. The summed E-state index contributed by atoms with van der Waals surface area (Å²) < 4.78 is 5.63. The summed E-state index contributed by atoms with van der Waals surface area (Å²) in [4.78, 5) is 19.2. The van der Waals surface area contributed by atoms with Crippen LogP contribution in [0, 0.1) is 0 Å². The molecule has 3 rings (SSSR count). The van der Waals surface area contributed by atoms with Crippen LogP contribution in [-0.4, -0.2) is 16.6 Å². The number of nitrogens with one attached hydrogen (secondary N) is 2. The van der Waals surface area contributed by atoms with Gasteiger partial charge >= 0.3 is 0 Å². The third kappa shape index (κ3) is 3.44. The van der Waals surface area contributed by atoms with E-state index in [0.717, 1.165) is 53.6 Å². The van der Waals surface area contributed by atoms with Crippen molar-refractivity contribution in [1.82, 2.24) is 9.97 Å². The van der Waals surface area contributed by atoms with Crippen molar-refractivity contribution in [1.29, 1.82) is 0 Å². The SMILES string of the molecule is CCCCOc1ccc(Nc2nc3c(c(=O)[nH]2)CSC3)cc1. The van der Waals surface area contributed by atoms with Crippen molar-refractivity contribution < 1.29 is 4.74 Å². The molecule has 0 radical (unpaired) electrons. The molecular weight excluding hydrogens is 298 g/mol. The van der Waals surface area contributed by atoms with Crippen molar-refractivity contribution in [2.45, 2.75) is 31.3 Å². The molecule has 22 heavy (non-hydrogen) atoms. The van der Waals surface area contributed by atoms with Crippen LogP contribution in [-0.2, 0) is 11.5 Å². The van der Waals surface area contributed by atoms with E-state index in [1.54, 1.807) is 11.8 Å². The Morgan fingerprint density at radius 1 is 1.32 bits per heavy atom. The summed E-state index contributed by atoms with van der Waals surface area (Å²) in [7, 11) is 0. The van der Waals surface area contributed by atoms with Gasteiger partial charge in [-0.05, 0) is 30.7 Å². The summed E-state index contributed by atoms with van der Waals surface area (Å²) in [5.74, 6) is 2.90. The second-order valence-electron chi connectivity index (χ2n) is 5.18. The molecule has 1 aromatic heterocycles. The first-order valence-corrected chi connectivity index (χ1v) is 8.61. The predicted molar refractivity (Wildman–Crippen MR) is 90.0 cm³/mol. The third-order valence-electron chi connectivity index (χ3n) is 3.47. The Morgan fingerprint density at radius 3 is 2.91 bits per heavy atom. The van der Waals surface area contributed by atoms with Crippen molar-refractivity contribution >= 4 is 23.4 Å². The molecule has 0 aliphatic carbocycles. The first-order chi connectivity index (χ1) is 10.8. The first-order valence-electron chi connectivity index (χ1n) is 7.46. The van der Waals surface area contributed by atoms with Crippen LogP contribution in [0.15, 0.2) is 29.1 Å². The van der Waals surface area contributed by atoms with Gasteiger partial charge in [-0.3, -0.25) is 9.78 Å². The van der Waals surface area contributed by atoms with E-state index in [0.29, 0.717) is 5.95 Å². The third-order valence-corrected chi connectivity index (χ3v) is 4.44. The van der Waals surface area contributed by atoms with Crippen LogP contribution >= 0.6 is 11.8 Å². The Bertz CT molecular complexity index is 698. The molecule has 2 N–H and O–H groups in total. The van der Waals surface area contributed by atoms with E-state index in [2.05, 4.69) is 22.2 Å². The van der Waals surface area contributed by atoms with Gasteiger partial charge < -0.3 is 10.1 Å². The van der Waals surface area contributed by atoms with Crippen molar-refractivity contribution in [2.75, 3.05) is 11.9 Å². The van der Waals surface area contributed by atoms with E-state index in [1.165, 1.54) is 0 Å². The molecule has 0 atom stereocenters. The molecule has 1 aromatic carbocycles. The highest BCUT2D eigenvalue weighted by Gasteiger charge is 2.17. The molecule has 0 unspecified atom stereocenters. The van der Waals surface area contributed by atoms with Gasteiger partial charge in [0.05, 0.1) is 12.3 Å². The lowest BCUT2D eigenvalue weighted by Crippen LogP contribution is -2.16. The van der Waals surface area contributed by atoms with E-state index in [-0.39, 0.29) is 5.56 Å². The summed E-state index contributed by atoms with van der Waals surface area (Å²) in [6.45, 7) is 2.87. The average molecular weight is 317 g/mol. The summed E-state index contributed by atoms with van der Waals surface area (Å²) >= 11 is 1.72. The largest absolute Gasteiger partial charge is 0.494 e. The Balaban J connectivity index is 1.68. The fourth-order valence-corrected chi connectivity index (χ4v) is 3.26. The van der Waals surface area contributed by atoms with Gasteiger partial charge in [0.1, 0.15) is 5.75 Å². The molecule has 0 fully saturated rings. The maximum absolute atomic E-state index is 12.0. The number of anilines is 2. The summed E-state index contributed by atoms with van der Waals surface area (Å²) in [5, 5.41) is 3.14. The molecule has 2 heterocycles. The Hall–Kier alpha value is -1.95. The number of thioether (sulfide) groups is 1. The number of hydrogen-bond donors (Lipinski definition) is 2. The van der Waals surface area contributed by atoms with Gasteiger partial charge in [-0.2, -0.15) is 11.8 Å². The monoisotopic (exact) mass is 317 g/mol. The van der Waals surface area contributed by atoms with Crippen LogP contribution in [0.2, 0.25) is 0 Å². The van der Waals surface area contributed by atoms with Crippen molar-refractivity contribution in [2.24, 2.45) is 0 Å². The molecule has 116 valence electrons. The Labute approximate surface area is 133 Å². The predicted octanol–water partition coefficient (Wildman–Crippen LogP) is 3.44. The number of rotatable bonds is 6. The van der Waals surface area contributed by atoms with Crippen LogP contribution < -0.4 is 15.6 Å². The Kier molecular flexibility index (Phi) is 4.68. The molecule has 2 aromatic rings. The average Bonchev–Trinajstić information content (AvgIpc) is 2.98. The number of H-pyrrole nitrogens is 1. The number of aromatic amines is 1. The molecule has 0 amide bonds. The smallest absolute Gasteiger partial charge is 0.256 e. The Morgan fingerprint density at radius 2 is 2.14 bits per heavy atom. The zero-order chi connectivity index (χ0) is 15.4. The van der Waals surface area contributed by atoms with Crippen LogP contribution in [0.1, 0.15) is 31.0 Å². The summed E-state index contributed by atoms with van der Waals surface area (Å²) in [5.41, 5.74) is 2.51. The molecule has 1 aliphatic heterocycles. The van der Waals surface area contributed by atoms with Gasteiger partial charge in [-0.25, -0.2) is 4.98 Å². The minimum Gasteiger partial charge on any atom is -0.494 e. The zero-order valence-electron chi connectivity index (χ0n) is 12.5. The second-order valence-corrected chi connectivity index (χ2v) is 6.17. The number of hydrogen-bond acceptors (Lipinski definition) is 5. The minimum atomic E-state index is -0.0444. The van der Waals surface area contributed by atoms with Crippen molar-refractivity contribution in [3.8, 4) is 5.75 Å². The summed E-state index contributed by atoms with van der Waals surface area (Å²) in [6, 6.07) is 7.67. The van der Waals surface area contributed by atoms with Crippen LogP contribution in [0.25, 0.3) is 0 Å². The lowest BCUT2D eigenvalue weighted by molar-refractivity contribution is 0.309. The fourth-order valence-electron chi connectivity index (χ4n) is 2.23. The molecule has 0 bridgehead atoms. The van der Waals surface area contributed by atoms with Gasteiger partial charge in [-0.1, -0.05) is 13.3 Å². The van der Waals surface area contributed by atoms with Gasteiger partial charge in [0.25, 0.3) is 5.56 Å². The fraction of sp³-hybridized carbons (Fsp3) is 0.375.